The van der Waals surface area contributed by atoms with Crippen molar-refractivity contribution >= 4 is 32.4 Å². The number of nitrogens with zero attached hydrogens (tertiary/aromatic N) is 2. The van der Waals surface area contributed by atoms with Gasteiger partial charge in [-0.3, -0.25) is 9.97 Å². The van der Waals surface area contributed by atoms with Gasteiger partial charge in [0.05, 0.1) is 33.2 Å². The molecule has 0 aliphatic heterocycles. The highest BCUT2D eigenvalue weighted by Gasteiger charge is 2.51. The van der Waals surface area contributed by atoms with Crippen molar-refractivity contribution in [2.75, 3.05) is 0 Å². The maximum absolute atomic E-state index is 13.5. The molecule has 37 heavy (non-hydrogen) atoms. The Balaban J connectivity index is 1.84. The zero-order valence-electron chi connectivity index (χ0n) is 21.1. The standard InChI is InChI=1S/C27H28F3N3O2S2/c1-16-8-7-12-32-22(16)23(33-37(35)25(2,3)4)21-14-17-9-6-10-19(24(17)36-21)20-15-18(11-13-31-20)26(5,34)27(28,29)30/h6-15,23,33-34H,1-5H3. The molecule has 196 valence electrons. The van der Waals surface area contributed by atoms with Gasteiger partial charge in [-0.15, -0.1) is 11.3 Å². The number of benzene rings is 1. The summed E-state index contributed by atoms with van der Waals surface area (Å²) in [4.78, 5) is 9.74. The molecule has 0 amide bonds. The number of hydrogen-bond donors (Lipinski definition) is 2. The van der Waals surface area contributed by atoms with Gasteiger partial charge in [-0.05, 0) is 75.4 Å². The van der Waals surface area contributed by atoms with Crippen LogP contribution in [0, 0.1) is 6.92 Å². The molecule has 0 saturated carbocycles. The molecule has 0 saturated heterocycles. The first-order valence-corrected chi connectivity index (χ1v) is 13.5. The monoisotopic (exact) mass is 547 g/mol. The van der Waals surface area contributed by atoms with Crippen LogP contribution in [0.2, 0.25) is 0 Å². The van der Waals surface area contributed by atoms with Crippen LogP contribution in [-0.2, 0) is 16.6 Å². The van der Waals surface area contributed by atoms with Crippen molar-refractivity contribution in [3.63, 3.8) is 0 Å². The van der Waals surface area contributed by atoms with E-state index in [0.717, 1.165) is 33.1 Å². The number of aromatic nitrogens is 2. The lowest BCUT2D eigenvalue weighted by atomic mass is 9.94. The molecule has 1 aromatic carbocycles. The Hall–Kier alpha value is -2.66. The van der Waals surface area contributed by atoms with Gasteiger partial charge in [0.25, 0.3) is 0 Å². The van der Waals surface area contributed by atoms with Crippen LogP contribution < -0.4 is 4.72 Å². The Morgan fingerprint density at radius 1 is 1.00 bits per heavy atom. The minimum Gasteiger partial charge on any atom is -0.376 e. The molecule has 3 atom stereocenters. The maximum Gasteiger partial charge on any atom is 0.421 e. The Morgan fingerprint density at radius 2 is 1.73 bits per heavy atom. The van der Waals surface area contributed by atoms with Gasteiger partial charge in [0, 0.05) is 27.5 Å². The van der Waals surface area contributed by atoms with Gasteiger partial charge in [-0.2, -0.15) is 13.2 Å². The Labute approximate surface area is 220 Å². The minimum absolute atomic E-state index is 0.289. The van der Waals surface area contributed by atoms with E-state index in [0.29, 0.717) is 11.3 Å². The van der Waals surface area contributed by atoms with Crippen molar-refractivity contribution in [1.29, 1.82) is 0 Å². The number of halogens is 3. The van der Waals surface area contributed by atoms with Crippen molar-refractivity contribution < 1.29 is 22.5 Å². The predicted molar refractivity (Wildman–Crippen MR) is 143 cm³/mol. The highest BCUT2D eigenvalue weighted by atomic mass is 32.2. The smallest absolute Gasteiger partial charge is 0.376 e. The number of aryl methyl sites for hydroxylation is 1. The molecular formula is C27H28F3N3O2S2. The van der Waals surface area contributed by atoms with Gasteiger partial charge in [0.15, 0.2) is 5.60 Å². The summed E-state index contributed by atoms with van der Waals surface area (Å²) in [5.41, 5.74) is -0.661. The van der Waals surface area contributed by atoms with Crippen LogP contribution in [0.1, 0.15) is 55.4 Å². The van der Waals surface area contributed by atoms with E-state index in [1.807, 2.05) is 58.0 Å². The van der Waals surface area contributed by atoms with Crippen molar-refractivity contribution in [3.05, 3.63) is 82.6 Å². The van der Waals surface area contributed by atoms with Crippen LogP contribution in [0.5, 0.6) is 0 Å². The lowest BCUT2D eigenvalue weighted by Gasteiger charge is -2.26. The Bertz CT molecular complexity index is 1460. The maximum atomic E-state index is 13.5. The Kier molecular flexibility index (Phi) is 7.33. The largest absolute Gasteiger partial charge is 0.421 e. The topological polar surface area (TPSA) is 75.1 Å². The average Bonchev–Trinajstić information content (AvgIpc) is 3.26. The fourth-order valence-corrected chi connectivity index (χ4v) is 5.92. The molecule has 4 rings (SSSR count). The number of alkyl halides is 3. The number of thiophene rings is 1. The number of hydrogen-bond acceptors (Lipinski definition) is 5. The van der Waals surface area contributed by atoms with Gasteiger partial charge < -0.3 is 5.11 Å². The molecule has 0 spiro atoms. The van der Waals surface area contributed by atoms with Gasteiger partial charge in [-0.1, -0.05) is 24.3 Å². The molecule has 3 unspecified atom stereocenters. The first-order chi connectivity index (χ1) is 17.2. The van der Waals surface area contributed by atoms with E-state index in [1.165, 1.54) is 29.7 Å². The number of pyridine rings is 2. The molecule has 3 aromatic heterocycles. The van der Waals surface area contributed by atoms with Crippen LogP contribution >= 0.6 is 11.3 Å². The summed E-state index contributed by atoms with van der Waals surface area (Å²) in [6.45, 7) is 8.33. The molecule has 0 aliphatic rings. The molecule has 0 fully saturated rings. The zero-order chi connectivity index (χ0) is 27.2. The van der Waals surface area contributed by atoms with Crippen molar-refractivity contribution in [3.8, 4) is 11.3 Å². The molecule has 0 radical (unpaired) electrons. The summed E-state index contributed by atoms with van der Waals surface area (Å²) in [5, 5.41) is 11.1. The molecule has 0 bridgehead atoms. The lowest BCUT2D eigenvalue weighted by Crippen LogP contribution is -2.39. The molecule has 5 nitrogen and oxygen atoms in total. The van der Waals surface area contributed by atoms with Gasteiger partial charge in [0.2, 0.25) is 0 Å². The van der Waals surface area contributed by atoms with E-state index in [1.54, 1.807) is 12.3 Å². The summed E-state index contributed by atoms with van der Waals surface area (Å²) >= 11 is 1.44. The first-order valence-electron chi connectivity index (χ1n) is 11.6. The quantitative estimate of drug-likeness (QED) is 0.286. The first kappa shape index (κ1) is 27.4. The van der Waals surface area contributed by atoms with E-state index >= 15 is 0 Å². The third kappa shape index (κ3) is 5.47. The van der Waals surface area contributed by atoms with Crippen LogP contribution in [0.3, 0.4) is 0 Å². The van der Waals surface area contributed by atoms with E-state index in [2.05, 4.69) is 14.7 Å². The van der Waals surface area contributed by atoms with Crippen molar-refractivity contribution in [2.45, 2.75) is 57.2 Å². The normalized spacial score (nSPS) is 15.9. The van der Waals surface area contributed by atoms with Crippen molar-refractivity contribution in [1.82, 2.24) is 14.7 Å². The Morgan fingerprint density at radius 3 is 2.38 bits per heavy atom. The predicted octanol–water partition coefficient (Wildman–Crippen LogP) is 6.58. The fourth-order valence-electron chi connectivity index (χ4n) is 3.80. The third-order valence-electron chi connectivity index (χ3n) is 6.10. The molecular weight excluding hydrogens is 519 g/mol. The number of nitrogens with one attached hydrogen (secondary N) is 1. The highest BCUT2D eigenvalue weighted by Crippen LogP contribution is 2.42. The third-order valence-corrected chi connectivity index (χ3v) is 8.91. The molecule has 3 heterocycles. The fraction of sp³-hybridized carbons (Fsp3) is 0.333. The molecule has 10 heteroatoms. The number of aliphatic hydroxyl groups is 1. The minimum atomic E-state index is -4.84. The summed E-state index contributed by atoms with van der Waals surface area (Å²) in [6, 6.07) is 13.3. The van der Waals surface area contributed by atoms with Gasteiger partial charge in [-0.25, -0.2) is 8.93 Å². The summed E-state index contributed by atoms with van der Waals surface area (Å²) in [7, 11) is -1.39. The van der Waals surface area contributed by atoms with Crippen molar-refractivity contribution in [2.24, 2.45) is 0 Å². The van der Waals surface area contributed by atoms with Crippen LogP contribution in [0.4, 0.5) is 13.2 Å². The summed E-state index contributed by atoms with van der Waals surface area (Å²) in [6.07, 6.45) is -1.88. The molecule has 0 aliphatic carbocycles. The summed E-state index contributed by atoms with van der Waals surface area (Å²) in [5.74, 6) is 0. The van der Waals surface area contributed by atoms with Gasteiger partial charge >= 0.3 is 6.18 Å². The second-order valence-electron chi connectivity index (χ2n) is 10.0. The number of fused-ring (bicyclic) bond motifs is 1. The van der Waals surface area contributed by atoms with Gasteiger partial charge in [0.1, 0.15) is 0 Å². The molecule has 2 N–H and O–H groups in total. The highest BCUT2D eigenvalue weighted by molar-refractivity contribution is 7.84. The van der Waals surface area contributed by atoms with Crippen LogP contribution in [-0.4, -0.2) is 30.2 Å². The van der Waals surface area contributed by atoms with E-state index in [-0.39, 0.29) is 5.56 Å². The molecule has 4 aromatic rings. The number of rotatable bonds is 6. The average molecular weight is 548 g/mol. The SMILES string of the molecule is Cc1cccnc1C(NS(=O)C(C)(C)C)c1cc2cccc(-c3cc(C(C)(O)C(F)(F)F)ccn3)c2s1. The lowest BCUT2D eigenvalue weighted by molar-refractivity contribution is -0.258. The zero-order valence-corrected chi connectivity index (χ0v) is 22.7. The van der Waals surface area contributed by atoms with E-state index in [4.69, 9.17) is 0 Å². The van der Waals surface area contributed by atoms with E-state index in [9.17, 15) is 22.5 Å². The second kappa shape index (κ2) is 9.90. The summed E-state index contributed by atoms with van der Waals surface area (Å²) < 4.78 is 57.1. The van der Waals surface area contributed by atoms with Crippen LogP contribution in [0.25, 0.3) is 21.3 Å². The van der Waals surface area contributed by atoms with Crippen LogP contribution in [0.15, 0.2) is 60.9 Å². The van der Waals surface area contributed by atoms with E-state index < -0.39 is 33.6 Å². The second-order valence-corrected chi connectivity index (χ2v) is 13.1.